The van der Waals surface area contributed by atoms with Crippen molar-refractivity contribution in [3.05, 3.63) is 20.6 Å². The number of hydrogen-bond donors (Lipinski definition) is 1. The number of hydrogen-bond acceptors (Lipinski definition) is 3. The Morgan fingerprint density at radius 3 is 3.00 bits per heavy atom. The molecule has 0 radical (unpaired) electrons. The Labute approximate surface area is 109 Å². The van der Waals surface area contributed by atoms with E-state index in [4.69, 9.17) is 12.2 Å². The Kier molecular flexibility index (Phi) is 2.67. The molecule has 0 bridgehead atoms. The summed E-state index contributed by atoms with van der Waals surface area (Å²) in [6.45, 7) is 4.37. The van der Waals surface area contributed by atoms with Crippen molar-refractivity contribution in [1.82, 2.24) is 14.8 Å². The smallest absolute Gasteiger partial charge is 0.195 e. The van der Waals surface area contributed by atoms with Crippen molar-refractivity contribution in [2.45, 2.75) is 39.2 Å². The lowest BCUT2D eigenvalue weighted by Crippen LogP contribution is -1.98. The van der Waals surface area contributed by atoms with Crippen LogP contribution in [0.4, 0.5) is 0 Å². The molecule has 0 aromatic carbocycles. The summed E-state index contributed by atoms with van der Waals surface area (Å²) in [6.07, 6.45) is 3.51. The van der Waals surface area contributed by atoms with Crippen LogP contribution in [0.25, 0.3) is 11.4 Å². The van der Waals surface area contributed by atoms with Gasteiger partial charge in [-0.1, -0.05) is 6.92 Å². The minimum Gasteiger partial charge on any atom is -0.297 e. The summed E-state index contributed by atoms with van der Waals surface area (Å²) >= 11 is 7.12. The quantitative estimate of drug-likeness (QED) is 0.855. The first-order chi connectivity index (χ1) is 8.22. The molecule has 5 heteroatoms. The van der Waals surface area contributed by atoms with Gasteiger partial charge in [-0.05, 0) is 44.0 Å². The number of H-pyrrole nitrogens is 1. The van der Waals surface area contributed by atoms with Crippen molar-refractivity contribution in [3.63, 3.8) is 0 Å². The molecule has 2 heterocycles. The number of thiophene rings is 1. The molecular weight excluding hydrogens is 250 g/mol. The molecule has 2 aromatic heterocycles. The molecule has 17 heavy (non-hydrogen) atoms. The van der Waals surface area contributed by atoms with Gasteiger partial charge in [0.05, 0.1) is 0 Å². The predicted octanol–water partition coefficient (Wildman–Crippen LogP) is 3.87. The van der Waals surface area contributed by atoms with Gasteiger partial charge in [0.1, 0.15) is 0 Å². The van der Waals surface area contributed by atoms with E-state index in [0.29, 0.717) is 6.04 Å². The van der Waals surface area contributed by atoms with E-state index in [1.165, 1.54) is 28.8 Å². The normalized spacial score (nSPS) is 15.4. The number of aryl methyl sites for hydroxylation is 1. The average molecular weight is 265 g/mol. The second-order valence-corrected chi connectivity index (χ2v) is 5.96. The highest BCUT2D eigenvalue weighted by atomic mass is 32.1. The van der Waals surface area contributed by atoms with Gasteiger partial charge in [0, 0.05) is 21.9 Å². The van der Waals surface area contributed by atoms with Crippen LogP contribution in [0.2, 0.25) is 0 Å². The SMILES string of the molecule is CCc1c(-c2n[nH]c(=S)n2C2CC2)csc1C. The molecule has 0 saturated heterocycles. The fourth-order valence-electron chi connectivity index (χ4n) is 2.27. The molecule has 0 aliphatic heterocycles. The van der Waals surface area contributed by atoms with Gasteiger partial charge in [-0.2, -0.15) is 5.10 Å². The molecule has 3 nitrogen and oxygen atoms in total. The second-order valence-electron chi connectivity index (χ2n) is 4.49. The fraction of sp³-hybridized carbons (Fsp3) is 0.500. The van der Waals surface area contributed by atoms with Crippen molar-refractivity contribution in [1.29, 1.82) is 0 Å². The van der Waals surface area contributed by atoms with E-state index in [1.54, 1.807) is 11.3 Å². The van der Waals surface area contributed by atoms with Gasteiger partial charge in [0.2, 0.25) is 0 Å². The molecular formula is C12H15N3S2. The summed E-state index contributed by atoms with van der Waals surface area (Å²) in [6, 6.07) is 0.571. The molecule has 2 aromatic rings. The van der Waals surface area contributed by atoms with Crippen LogP contribution in [0.15, 0.2) is 5.38 Å². The van der Waals surface area contributed by atoms with Gasteiger partial charge in [-0.15, -0.1) is 11.3 Å². The topological polar surface area (TPSA) is 33.6 Å². The minimum absolute atomic E-state index is 0.571. The molecule has 1 N–H and O–H groups in total. The molecule has 3 rings (SSSR count). The van der Waals surface area contributed by atoms with Gasteiger partial charge in [-0.25, -0.2) is 0 Å². The van der Waals surface area contributed by atoms with Crippen LogP contribution in [0.5, 0.6) is 0 Å². The maximum absolute atomic E-state index is 5.32. The largest absolute Gasteiger partial charge is 0.297 e. The molecule has 0 spiro atoms. The minimum atomic E-state index is 0.571. The summed E-state index contributed by atoms with van der Waals surface area (Å²) in [7, 11) is 0. The van der Waals surface area contributed by atoms with Crippen LogP contribution in [-0.4, -0.2) is 14.8 Å². The summed E-state index contributed by atoms with van der Waals surface area (Å²) in [5.41, 5.74) is 2.67. The lowest BCUT2D eigenvalue weighted by Gasteiger charge is -2.05. The van der Waals surface area contributed by atoms with Crippen molar-refractivity contribution in [3.8, 4) is 11.4 Å². The Hall–Kier alpha value is -0.940. The first-order valence-corrected chi connectivity index (χ1v) is 7.25. The molecule has 0 amide bonds. The van der Waals surface area contributed by atoms with Crippen molar-refractivity contribution >= 4 is 23.6 Å². The number of rotatable bonds is 3. The van der Waals surface area contributed by atoms with Crippen LogP contribution >= 0.6 is 23.6 Å². The Balaban J connectivity index is 2.18. The van der Waals surface area contributed by atoms with E-state index in [-0.39, 0.29) is 0 Å². The third-order valence-electron chi connectivity index (χ3n) is 3.31. The van der Waals surface area contributed by atoms with E-state index < -0.39 is 0 Å². The van der Waals surface area contributed by atoms with Crippen molar-refractivity contribution in [2.75, 3.05) is 0 Å². The first kappa shape index (κ1) is 11.2. The van der Waals surface area contributed by atoms with Crippen LogP contribution < -0.4 is 0 Å². The Morgan fingerprint density at radius 2 is 2.35 bits per heavy atom. The third kappa shape index (κ3) is 1.77. The summed E-state index contributed by atoms with van der Waals surface area (Å²) < 4.78 is 2.95. The maximum atomic E-state index is 5.32. The number of nitrogens with zero attached hydrogens (tertiary/aromatic N) is 2. The number of aromatic amines is 1. The average Bonchev–Trinajstić information content (AvgIpc) is 2.98. The van der Waals surface area contributed by atoms with Gasteiger partial charge in [0.15, 0.2) is 10.6 Å². The van der Waals surface area contributed by atoms with Gasteiger partial charge in [-0.3, -0.25) is 9.67 Å². The van der Waals surface area contributed by atoms with Crippen LogP contribution in [0.3, 0.4) is 0 Å². The highest BCUT2D eigenvalue weighted by molar-refractivity contribution is 7.71. The predicted molar refractivity (Wildman–Crippen MR) is 73.1 cm³/mol. The number of aromatic nitrogens is 3. The van der Waals surface area contributed by atoms with Gasteiger partial charge >= 0.3 is 0 Å². The van der Waals surface area contributed by atoms with Crippen molar-refractivity contribution < 1.29 is 0 Å². The van der Waals surface area contributed by atoms with Gasteiger partial charge < -0.3 is 0 Å². The highest BCUT2D eigenvalue weighted by Crippen LogP contribution is 2.40. The molecule has 90 valence electrons. The highest BCUT2D eigenvalue weighted by Gasteiger charge is 2.28. The lowest BCUT2D eigenvalue weighted by molar-refractivity contribution is 0.734. The zero-order chi connectivity index (χ0) is 12.0. The maximum Gasteiger partial charge on any atom is 0.195 e. The Morgan fingerprint density at radius 1 is 1.59 bits per heavy atom. The zero-order valence-electron chi connectivity index (χ0n) is 9.99. The van der Waals surface area contributed by atoms with E-state index in [0.717, 1.165) is 17.0 Å². The molecule has 0 unspecified atom stereocenters. The van der Waals surface area contributed by atoms with E-state index in [2.05, 4.69) is 34.0 Å². The summed E-state index contributed by atoms with van der Waals surface area (Å²) in [5.74, 6) is 1.03. The van der Waals surface area contributed by atoms with E-state index in [9.17, 15) is 0 Å². The number of nitrogens with one attached hydrogen (secondary N) is 1. The molecule has 1 fully saturated rings. The monoisotopic (exact) mass is 265 g/mol. The Bertz CT molecular complexity index is 602. The third-order valence-corrected chi connectivity index (χ3v) is 4.56. The lowest BCUT2D eigenvalue weighted by atomic mass is 10.1. The fourth-order valence-corrected chi connectivity index (χ4v) is 3.49. The van der Waals surface area contributed by atoms with Crippen molar-refractivity contribution in [2.24, 2.45) is 0 Å². The van der Waals surface area contributed by atoms with Crippen LogP contribution in [0.1, 0.15) is 36.2 Å². The van der Waals surface area contributed by atoms with Crippen LogP contribution in [0, 0.1) is 11.7 Å². The van der Waals surface area contributed by atoms with E-state index in [1.807, 2.05) is 0 Å². The molecule has 1 saturated carbocycles. The standard InChI is InChI=1S/C12H15N3S2/c1-3-9-7(2)17-6-10(9)11-13-14-12(16)15(11)8-4-5-8/h6,8H,3-5H2,1-2H3,(H,14,16). The summed E-state index contributed by atoms with van der Waals surface area (Å²) in [5, 5.41) is 9.57. The van der Waals surface area contributed by atoms with E-state index >= 15 is 0 Å². The second kappa shape index (κ2) is 4.07. The molecule has 0 atom stereocenters. The zero-order valence-corrected chi connectivity index (χ0v) is 11.6. The van der Waals surface area contributed by atoms with Gasteiger partial charge in [0.25, 0.3) is 0 Å². The first-order valence-electron chi connectivity index (χ1n) is 5.96. The summed E-state index contributed by atoms with van der Waals surface area (Å²) in [4.78, 5) is 1.39. The molecule has 1 aliphatic rings. The molecule has 1 aliphatic carbocycles. The van der Waals surface area contributed by atoms with Crippen LogP contribution in [-0.2, 0) is 6.42 Å².